The van der Waals surface area contributed by atoms with Crippen molar-refractivity contribution in [3.8, 4) is 0 Å². The van der Waals surface area contributed by atoms with E-state index in [-0.39, 0.29) is 24.3 Å². The third-order valence-corrected chi connectivity index (χ3v) is 6.14. The highest BCUT2D eigenvalue weighted by atomic mass is 16.6. The molecule has 4 atom stereocenters. The Bertz CT molecular complexity index is 983. The largest absolute Gasteiger partial charge is 0.375 e. The van der Waals surface area contributed by atoms with Gasteiger partial charge in [0, 0.05) is 0 Å². The van der Waals surface area contributed by atoms with Crippen LogP contribution < -0.4 is 0 Å². The van der Waals surface area contributed by atoms with Crippen molar-refractivity contribution in [3.05, 3.63) is 120 Å². The predicted octanol–water partition coefficient (Wildman–Crippen LogP) is 5.39. The Balaban J connectivity index is 1.49. The number of hydroxylamine groups is 2. The summed E-state index contributed by atoms with van der Waals surface area (Å²) in [6.07, 6.45) is 1.69. The average molecular weight is 460 g/mol. The number of hydrogen-bond acceptors (Lipinski definition) is 5. The normalized spacial score (nSPS) is 22.6. The van der Waals surface area contributed by atoms with Gasteiger partial charge in [0.05, 0.1) is 38.5 Å². The van der Waals surface area contributed by atoms with Gasteiger partial charge in [-0.05, 0) is 23.1 Å². The number of rotatable bonds is 12. The lowest BCUT2D eigenvalue weighted by atomic mass is 10.0. The maximum absolute atomic E-state index is 11.2. The van der Waals surface area contributed by atoms with Crippen LogP contribution in [0.5, 0.6) is 0 Å². The molecule has 0 aromatic heterocycles. The summed E-state index contributed by atoms with van der Waals surface area (Å²) in [5.41, 5.74) is 3.24. The molecule has 1 aliphatic rings. The number of hydrogen-bond donors (Lipinski definition) is 1. The summed E-state index contributed by atoms with van der Waals surface area (Å²) in [6.45, 7) is 5.56. The zero-order valence-corrected chi connectivity index (χ0v) is 19.4. The molecule has 1 aliphatic heterocycles. The Morgan fingerprint density at radius 1 is 0.676 bits per heavy atom. The van der Waals surface area contributed by atoms with Gasteiger partial charge in [0.1, 0.15) is 12.2 Å². The quantitative estimate of drug-likeness (QED) is 0.368. The van der Waals surface area contributed by atoms with Crippen molar-refractivity contribution in [3.63, 3.8) is 0 Å². The summed E-state index contributed by atoms with van der Waals surface area (Å²) in [7, 11) is 0. The first-order chi connectivity index (χ1) is 16.8. The zero-order valence-electron chi connectivity index (χ0n) is 19.4. The lowest BCUT2D eigenvalue weighted by Gasteiger charge is -2.26. The predicted molar refractivity (Wildman–Crippen MR) is 132 cm³/mol. The minimum atomic E-state index is -0.366. The molecule has 4 rings (SSSR count). The van der Waals surface area contributed by atoms with Crippen molar-refractivity contribution < 1.29 is 19.4 Å². The van der Waals surface area contributed by atoms with E-state index >= 15 is 0 Å². The van der Waals surface area contributed by atoms with E-state index in [0.717, 1.165) is 16.7 Å². The smallest absolute Gasteiger partial charge is 0.106 e. The van der Waals surface area contributed by atoms with Crippen LogP contribution in [0.15, 0.2) is 104 Å². The molecule has 34 heavy (non-hydrogen) atoms. The minimum absolute atomic E-state index is 0.271. The first-order valence-corrected chi connectivity index (χ1v) is 11.8. The van der Waals surface area contributed by atoms with Gasteiger partial charge in [-0.25, -0.2) is 0 Å². The monoisotopic (exact) mass is 459 g/mol. The van der Waals surface area contributed by atoms with Crippen LogP contribution in [0.3, 0.4) is 0 Å². The van der Waals surface area contributed by atoms with Gasteiger partial charge >= 0.3 is 0 Å². The molecule has 0 aliphatic carbocycles. The van der Waals surface area contributed by atoms with Gasteiger partial charge in [-0.3, -0.25) is 0 Å². The van der Waals surface area contributed by atoms with E-state index in [2.05, 4.69) is 6.58 Å². The molecule has 5 nitrogen and oxygen atoms in total. The van der Waals surface area contributed by atoms with Gasteiger partial charge < -0.3 is 19.4 Å². The van der Waals surface area contributed by atoms with Crippen LogP contribution in [-0.4, -0.2) is 41.2 Å². The van der Waals surface area contributed by atoms with E-state index in [9.17, 15) is 5.21 Å². The Labute approximate surface area is 202 Å². The second-order valence-electron chi connectivity index (χ2n) is 8.56. The summed E-state index contributed by atoms with van der Waals surface area (Å²) in [5.74, 6) is 0. The summed E-state index contributed by atoms with van der Waals surface area (Å²) in [4.78, 5) is 0. The first-order valence-electron chi connectivity index (χ1n) is 11.8. The summed E-state index contributed by atoms with van der Waals surface area (Å²) < 4.78 is 18.8. The Hall–Kier alpha value is -2.80. The minimum Gasteiger partial charge on any atom is -0.375 e. The molecule has 0 bridgehead atoms. The topological polar surface area (TPSA) is 51.2 Å². The maximum Gasteiger partial charge on any atom is 0.106 e. The van der Waals surface area contributed by atoms with Crippen LogP contribution in [-0.2, 0) is 34.0 Å². The van der Waals surface area contributed by atoms with Gasteiger partial charge in [-0.15, -0.1) is 6.58 Å². The van der Waals surface area contributed by atoms with Crippen LogP contribution >= 0.6 is 0 Å². The standard InChI is InChI=1S/C29H33NO4/c1-2-12-26-28(33-20-24-15-8-4-9-16-24)29(34-21-25-17-10-5-11-18-25)27(30(26)31)22-32-19-23-13-6-3-7-14-23/h2-11,13-18,26-29,31H,1,12,19-22H2/t26-,27+,28-,29+/m1/s1. The molecule has 1 heterocycles. The van der Waals surface area contributed by atoms with Crippen LogP contribution in [0.2, 0.25) is 0 Å². The molecule has 0 saturated carbocycles. The first kappa shape index (κ1) is 24.3. The lowest BCUT2D eigenvalue weighted by Crippen LogP contribution is -2.40. The van der Waals surface area contributed by atoms with Gasteiger partial charge in [0.2, 0.25) is 0 Å². The molecule has 0 spiro atoms. The second kappa shape index (κ2) is 12.6. The average Bonchev–Trinajstić information content (AvgIpc) is 3.13. The molecule has 3 aromatic carbocycles. The molecule has 0 radical (unpaired) electrons. The number of nitrogens with zero attached hydrogens (tertiary/aromatic N) is 1. The molecule has 0 unspecified atom stereocenters. The highest BCUT2D eigenvalue weighted by Gasteiger charge is 2.50. The van der Waals surface area contributed by atoms with E-state index in [4.69, 9.17) is 14.2 Å². The van der Waals surface area contributed by atoms with E-state index in [1.165, 1.54) is 5.06 Å². The van der Waals surface area contributed by atoms with Crippen molar-refractivity contribution in [2.24, 2.45) is 0 Å². The van der Waals surface area contributed by atoms with Crippen molar-refractivity contribution in [1.29, 1.82) is 0 Å². The lowest BCUT2D eigenvalue weighted by molar-refractivity contribution is -0.164. The van der Waals surface area contributed by atoms with E-state index in [0.29, 0.717) is 32.8 Å². The second-order valence-corrected chi connectivity index (χ2v) is 8.56. The third-order valence-electron chi connectivity index (χ3n) is 6.14. The molecule has 0 amide bonds. The summed E-state index contributed by atoms with van der Waals surface area (Å²) >= 11 is 0. The van der Waals surface area contributed by atoms with Crippen molar-refractivity contribution in [2.45, 2.75) is 50.5 Å². The third kappa shape index (κ3) is 6.41. The maximum atomic E-state index is 11.2. The van der Waals surface area contributed by atoms with E-state index < -0.39 is 0 Å². The van der Waals surface area contributed by atoms with Gasteiger partial charge in [-0.2, -0.15) is 5.06 Å². The van der Waals surface area contributed by atoms with Crippen LogP contribution in [0.25, 0.3) is 0 Å². The van der Waals surface area contributed by atoms with Gasteiger partial charge in [-0.1, -0.05) is 97.1 Å². The van der Waals surface area contributed by atoms with Crippen molar-refractivity contribution in [2.75, 3.05) is 6.61 Å². The van der Waals surface area contributed by atoms with Gasteiger partial charge in [0.25, 0.3) is 0 Å². The SMILES string of the molecule is C=CC[C@@H]1[C@@H](OCc2ccccc2)[C@@H](OCc2ccccc2)[C@H](COCc2ccccc2)N1O. The zero-order chi connectivity index (χ0) is 23.6. The van der Waals surface area contributed by atoms with Crippen LogP contribution in [0, 0.1) is 0 Å². The van der Waals surface area contributed by atoms with E-state index in [1.807, 2.05) is 97.1 Å². The molecular formula is C29H33NO4. The summed E-state index contributed by atoms with van der Waals surface area (Å²) in [6, 6.07) is 29.5. The summed E-state index contributed by atoms with van der Waals surface area (Å²) in [5, 5.41) is 12.5. The molecule has 1 fully saturated rings. The molecule has 1 N–H and O–H groups in total. The van der Waals surface area contributed by atoms with E-state index in [1.54, 1.807) is 0 Å². The number of ether oxygens (including phenoxy) is 3. The molecule has 1 saturated heterocycles. The molecule has 5 heteroatoms. The fraction of sp³-hybridized carbons (Fsp3) is 0.310. The van der Waals surface area contributed by atoms with Crippen molar-refractivity contribution >= 4 is 0 Å². The van der Waals surface area contributed by atoms with Crippen LogP contribution in [0.4, 0.5) is 0 Å². The molecule has 3 aromatic rings. The highest BCUT2D eigenvalue weighted by Crippen LogP contribution is 2.32. The Kier molecular flexibility index (Phi) is 9.02. The number of benzene rings is 3. The van der Waals surface area contributed by atoms with Crippen molar-refractivity contribution in [1.82, 2.24) is 5.06 Å². The van der Waals surface area contributed by atoms with Gasteiger partial charge in [0.15, 0.2) is 0 Å². The fourth-order valence-corrected chi connectivity index (χ4v) is 4.39. The highest BCUT2D eigenvalue weighted by molar-refractivity contribution is 5.16. The Morgan fingerprint density at radius 2 is 1.12 bits per heavy atom. The molecule has 178 valence electrons. The Morgan fingerprint density at radius 3 is 1.59 bits per heavy atom. The van der Waals surface area contributed by atoms with Crippen LogP contribution in [0.1, 0.15) is 23.1 Å². The molecular weight excluding hydrogens is 426 g/mol. The fourth-order valence-electron chi connectivity index (χ4n) is 4.39.